The molecule has 0 saturated carbocycles. The maximum Gasteiger partial charge on any atom is 0.337 e. The molecule has 0 aliphatic carbocycles. The van der Waals surface area contributed by atoms with Crippen molar-refractivity contribution >= 4 is 33.9 Å². The molecule has 0 radical (unpaired) electrons. The molecule has 0 aliphatic heterocycles. The number of fused-ring (bicyclic) bond motifs is 1. The van der Waals surface area contributed by atoms with E-state index in [4.69, 9.17) is 0 Å². The number of non-ortho nitro benzene ring substituents is 1. The minimum absolute atomic E-state index is 0.0132. The second-order valence-electron chi connectivity index (χ2n) is 5.03. The van der Waals surface area contributed by atoms with Gasteiger partial charge < -0.3 is 5.32 Å². The van der Waals surface area contributed by atoms with Crippen LogP contribution in [0.3, 0.4) is 0 Å². The first kappa shape index (κ1) is 15.3. The number of anilines is 2. The Balaban J connectivity index is 1.64. The summed E-state index contributed by atoms with van der Waals surface area (Å²) in [5.74, 6) is 0. The Morgan fingerprint density at radius 1 is 0.917 bits per heavy atom. The van der Waals surface area contributed by atoms with E-state index in [-0.39, 0.29) is 5.69 Å². The van der Waals surface area contributed by atoms with Gasteiger partial charge >= 0.3 is 6.03 Å². The summed E-state index contributed by atoms with van der Waals surface area (Å²) in [4.78, 5) is 22.1. The highest BCUT2D eigenvalue weighted by molar-refractivity contribution is 6.01. The standard InChI is InChI=1S/C17H14N4O3/c22-17(20-19-13-8-10-14(11-9-13)21(23)24)18-16-7-3-5-12-4-1-2-6-15(12)16/h1-11,19H,(H2,18,20,22). The molecule has 120 valence electrons. The van der Waals surface area contributed by atoms with Crippen molar-refractivity contribution in [1.29, 1.82) is 0 Å². The highest BCUT2D eigenvalue weighted by Gasteiger charge is 2.06. The number of hydrazine groups is 1. The Morgan fingerprint density at radius 2 is 1.62 bits per heavy atom. The van der Waals surface area contributed by atoms with E-state index in [2.05, 4.69) is 16.2 Å². The molecule has 0 fully saturated rings. The first-order valence-electron chi connectivity index (χ1n) is 7.19. The first-order chi connectivity index (χ1) is 11.6. The summed E-state index contributed by atoms with van der Waals surface area (Å²) in [7, 11) is 0. The minimum atomic E-state index is -0.482. The van der Waals surface area contributed by atoms with Gasteiger partial charge in [-0.15, -0.1) is 0 Å². The molecule has 0 unspecified atom stereocenters. The van der Waals surface area contributed by atoms with Crippen LogP contribution in [0.25, 0.3) is 10.8 Å². The number of benzene rings is 3. The molecule has 0 spiro atoms. The van der Waals surface area contributed by atoms with Crippen molar-refractivity contribution < 1.29 is 9.72 Å². The summed E-state index contributed by atoms with van der Waals surface area (Å²) < 4.78 is 0. The lowest BCUT2D eigenvalue weighted by molar-refractivity contribution is -0.384. The molecule has 0 bridgehead atoms. The van der Waals surface area contributed by atoms with Crippen molar-refractivity contribution in [2.24, 2.45) is 0 Å². The number of nitrogens with one attached hydrogen (secondary N) is 3. The average Bonchev–Trinajstić information content (AvgIpc) is 2.61. The van der Waals surface area contributed by atoms with Crippen LogP contribution in [-0.2, 0) is 0 Å². The van der Waals surface area contributed by atoms with Gasteiger partial charge in [-0.05, 0) is 23.6 Å². The lowest BCUT2D eigenvalue weighted by Gasteiger charge is -2.11. The Bertz CT molecular complexity index is 888. The Morgan fingerprint density at radius 3 is 2.38 bits per heavy atom. The van der Waals surface area contributed by atoms with E-state index in [0.29, 0.717) is 11.4 Å². The van der Waals surface area contributed by atoms with Crippen LogP contribution in [0.1, 0.15) is 0 Å². The van der Waals surface area contributed by atoms with E-state index in [1.807, 2.05) is 42.5 Å². The third-order valence-electron chi connectivity index (χ3n) is 3.44. The number of nitro groups is 1. The number of nitrogens with zero attached hydrogens (tertiary/aromatic N) is 1. The van der Waals surface area contributed by atoms with Crippen LogP contribution in [0.2, 0.25) is 0 Å². The molecule has 3 rings (SSSR count). The topological polar surface area (TPSA) is 96.3 Å². The summed E-state index contributed by atoms with van der Waals surface area (Å²) in [6, 6.07) is 18.7. The molecule has 0 saturated heterocycles. The molecule has 0 aliphatic rings. The lowest BCUT2D eigenvalue weighted by Crippen LogP contribution is -2.33. The number of hydrogen-bond acceptors (Lipinski definition) is 4. The predicted octanol–water partition coefficient (Wildman–Crippen LogP) is 3.90. The summed E-state index contributed by atoms with van der Waals surface area (Å²) >= 11 is 0. The van der Waals surface area contributed by atoms with Crippen molar-refractivity contribution in [2.45, 2.75) is 0 Å². The van der Waals surface area contributed by atoms with Crippen LogP contribution in [0.4, 0.5) is 21.9 Å². The van der Waals surface area contributed by atoms with E-state index >= 15 is 0 Å². The van der Waals surface area contributed by atoms with Gasteiger partial charge in [0.2, 0.25) is 0 Å². The number of carbonyl (C=O) groups is 1. The first-order valence-corrected chi connectivity index (χ1v) is 7.19. The Kier molecular flexibility index (Phi) is 4.24. The van der Waals surface area contributed by atoms with Crippen molar-refractivity contribution in [3.05, 3.63) is 76.8 Å². The minimum Gasteiger partial charge on any atom is -0.306 e. The quantitative estimate of drug-likeness (QED) is 0.501. The molecule has 2 amide bonds. The Hall–Kier alpha value is -3.61. The molecular formula is C17H14N4O3. The summed E-state index contributed by atoms with van der Waals surface area (Å²) in [6.07, 6.45) is 0. The lowest BCUT2D eigenvalue weighted by atomic mass is 10.1. The zero-order valence-corrected chi connectivity index (χ0v) is 12.5. The maximum absolute atomic E-state index is 12.0. The van der Waals surface area contributed by atoms with Gasteiger partial charge in [0.1, 0.15) is 0 Å². The molecular weight excluding hydrogens is 308 g/mol. The van der Waals surface area contributed by atoms with E-state index in [9.17, 15) is 14.9 Å². The predicted molar refractivity (Wildman–Crippen MR) is 92.8 cm³/mol. The van der Waals surface area contributed by atoms with E-state index in [1.165, 1.54) is 24.3 Å². The van der Waals surface area contributed by atoms with Gasteiger partial charge in [-0.25, -0.2) is 4.79 Å². The van der Waals surface area contributed by atoms with Gasteiger partial charge in [-0.1, -0.05) is 36.4 Å². The normalized spacial score (nSPS) is 10.2. The van der Waals surface area contributed by atoms with Crippen LogP contribution in [0.5, 0.6) is 0 Å². The van der Waals surface area contributed by atoms with E-state index in [0.717, 1.165) is 10.8 Å². The van der Waals surface area contributed by atoms with Gasteiger partial charge in [0.05, 0.1) is 16.3 Å². The van der Waals surface area contributed by atoms with Gasteiger partial charge in [0.15, 0.2) is 0 Å². The molecule has 0 atom stereocenters. The van der Waals surface area contributed by atoms with Crippen molar-refractivity contribution in [1.82, 2.24) is 5.43 Å². The zero-order valence-electron chi connectivity index (χ0n) is 12.5. The number of rotatable bonds is 4. The number of nitro benzene ring substituents is 1. The number of urea groups is 1. The molecule has 7 heteroatoms. The fourth-order valence-corrected chi connectivity index (χ4v) is 2.28. The van der Waals surface area contributed by atoms with Crippen molar-refractivity contribution in [3.8, 4) is 0 Å². The maximum atomic E-state index is 12.0. The van der Waals surface area contributed by atoms with Crippen LogP contribution < -0.4 is 16.2 Å². The second-order valence-corrected chi connectivity index (χ2v) is 5.03. The van der Waals surface area contributed by atoms with E-state index < -0.39 is 11.0 Å². The monoisotopic (exact) mass is 322 g/mol. The highest BCUT2D eigenvalue weighted by Crippen LogP contribution is 2.22. The molecule has 7 nitrogen and oxygen atoms in total. The fraction of sp³-hybridized carbons (Fsp3) is 0. The largest absolute Gasteiger partial charge is 0.337 e. The third kappa shape index (κ3) is 3.41. The van der Waals surface area contributed by atoms with E-state index in [1.54, 1.807) is 0 Å². The number of carbonyl (C=O) groups excluding carboxylic acids is 1. The van der Waals surface area contributed by atoms with Gasteiger partial charge in [0, 0.05) is 17.5 Å². The highest BCUT2D eigenvalue weighted by atomic mass is 16.6. The summed E-state index contributed by atoms with van der Waals surface area (Å²) in [5, 5.41) is 15.3. The summed E-state index contributed by atoms with van der Waals surface area (Å²) in [6.45, 7) is 0. The number of amides is 2. The molecule has 3 aromatic rings. The zero-order chi connectivity index (χ0) is 16.9. The van der Waals surface area contributed by atoms with Crippen molar-refractivity contribution in [2.75, 3.05) is 10.7 Å². The fourth-order valence-electron chi connectivity index (χ4n) is 2.28. The second kappa shape index (κ2) is 6.66. The van der Waals surface area contributed by atoms with Gasteiger partial charge in [-0.2, -0.15) is 0 Å². The summed E-state index contributed by atoms with van der Waals surface area (Å²) in [5.41, 5.74) is 6.40. The van der Waals surface area contributed by atoms with Gasteiger partial charge in [-0.3, -0.25) is 21.0 Å². The smallest absolute Gasteiger partial charge is 0.306 e. The molecule has 3 aromatic carbocycles. The SMILES string of the molecule is O=C(NNc1ccc([N+](=O)[O-])cc1)Nc1cccc2ccccc12. The third-order valence-corrected chi connectivity index (χ3v) is 3.44. The Labute approximate surface area is 137 Å². The van der Waals surface area contributed by atoms with Crippen molar-refractivity contribution in [3.63, 3.8) is 0 Å². The molecule has 0 heterocycles. The van der Waals surface area contributed by atoms with Crippen LogP contribution in [-0.4, -0.2) is 11.0 Å². The molecule has 0 aromatic heterocycles. The van der Waals surface area contributed by atoms with Crippen LogP contribution >= 0.6 is 0 Å². The van der Waals surface area contributed by atoms with Gasteiger partial charge in [0.25, 0.3) is 5.69 Å². The number of hydrogen-bond donors (Lipinski definition) is 3. The average molecular weight is 322 g/mol. The van der Waals surface area contributed by atoms with Crippen LogP contribution in [0, 0.1) is 10.1 Å². The molecule has 3 N–H and O–H groups in total. The molecule has 24 heavy (non-hydrogen) atoms. The van der Waals surface area contributed by atoms with Crippen LogP contribution in [0.15, 0.2) is 66.7 Å².